The molecule has 0 saturated carbocycles. The number of rotatable bonds is 3. The van der Waals surface area contributed by atoms with E-state index < -0.39 is 0 Å². The van der Waals surface area contributed by atoms with Crippen molar-refractivity contribution >= 4 is 11.6 Å². The predicted octanol–water partition coefficient (Wildman–Crippen LogP) is 1.35. The number of methoxy groups -OCH3 is 1. The number of aryl methyl sites for hydroxylation is 1. The molecular weight excluding hydrogens is 268 g/mol. The third-order valence-corrected chi connectivity index (χ3v) is 4.13. The third-order valence-electron chi connectivity index (χ3n) is 4.13. The summed E-state index contributed by atoms with van der Waals surface area (Å²) in [5, 5.41) is 3.34. The molecule has 0 aromatic heterocycles. The van der Waals surface area contributed by atoms with Gasteiger partial charge in [-0.2, -0.15) is 0 Å². The van der Waals surface area contributed by atoms with Crippen molar-refractivity contribution in [1.29, 1.82) is 0 Å². The van der Waals surface area contributed by atoms with Gasteiger partial charge in [0.1, 0.15) is 5.75 Å². The van der Waals surface area contributed by atoms with E-state index in [2.05, 4.69) is 5.32 Å². The molecule has 5 nitrogen and oxygen atoms in total. The molecule has 114 valence electrons. The molecule has 1 atom stereocenters. The van der Waals surface area contributed by atoms with Crippen LogP contribution in [0.3, 0.4) is 0 Å². The Kier molecular flexibility index (Phi) is 4.41. The molecule has 5 heteroatoms. The maximum absolute atomic E-state index is 12.6. The van der Waals surface area contributed by atoms with Crippen molar-refractivity contribution in [2.75, 3.05) is 38.3 Å². The molecule has 0 radical (unpaired) electrons. The molecule has 1 amide bonds. The van der Waals surface area contributed by atoms with E-state index in [0.29, 0.717) is 13.0 Å². The Morgan fingerprint density at radius 1 is 1.52 bits per heavy atom. The molecular formula is C16H22N2O3. The highest BCUT2D eigenvalue weighted by atomic mass is 16.5. The molecule has 1 aromatic rings. The van der Waals surface area contributed by atoms with Crippen molar-refractivity contribution < 1.29 is 14.3 Å². The number of hydrogen-bond donors (Lipinski definition) is 1. The number of ether oxygens (including phenoxy) is 2. The van der Waals surface area contributed by atoms with Crippen molar-refractivity contribution in [3.8, 4) is 5.75 Å². The zero-order valence-electron chi connectivity index (χ0n) is 12.4. The van der Waals surface area contributed by atoms with E-state index in [-0.39, 0.29) is 11.9 Å². The molecule has 1 N–H and O–H groups in total. The van der Waals surface area contributed by atoms with Gasteiger partial charge in [-0.3, -0.25) is 4.79 Å². The molecule has 0 bridgehead atoms. The average Bonchev–Trinajstić information content (AvgIpc) is 2.54. The highest BCUT2D eigenvalue weighted by Gasteiger charge is 2.25. The smallest absolute Gasteiger partial charge is 0.228 e. The minimum Gasteiger partial charge on any atom is -0.497 e. The summed E-state index contributed by atoms with van der Waals surface area (Å²) < 4.78 is 10.7. The van der Waals surface area contributed by atoms with E-state index >= 15 is 0 Å². The molecule has 1 fully saturated rings. The van der Waals surface area contributed by atoms with Crippen molar-refractivity contribution in [3.63, 3.8) is 0 Å². The van der Waals surface area contributed by atoms with Crippen LogP contribution in [0, 0.1) is 0 Å². The van der Waals surface area contributed by atoms with Gasteiger partial charge in [-0.1, -0.05) is 0 Å². The zero-order chi connectivity index (χ0) is 14.7. The Bertz CT molecular complexity index is 512. The Balaban J connectivity index is 1.73. The number of carbonyl (C=O) groups is 1. The van der Waals surface area contributed by atoms with Crippen LogP contribution in [0.4, 0.5) is 5.69 Å². The van der Waals surface area contributed by atoms with Crippen LogP contribution in [-0.2, 0) is 16.0 Å². The Labute approximate surface area is 125 Å². The van der Waals surface area contributed by atoms with Crippen LogP contribution in [0.1, 0.15) is 18.4 Å². The van der Waals surface area contributed by atoms with Crippen molar-refractivity contribution in [3.05, 3.63) is 23.8 Å². The van der Waals surface area contributed by atoms with Gasteiger partial charge >= 0.3 is 0 Å². The Hall–Kier alpha value is -1.59. The van der Waals surface area contributed by atoms with Crippen LogP contribution in [0.15, 0.2) is 18.2 Å². The molecule has 3 rings (SSSR count). The highest BCUT2D eigenvalue weighted by molar-refractivity contribution is 5.95. The van der Waals surface area contributed by atoms with Crippen LogP contribution in [0.2, 0.25) is 0 Å². The average molecular weight is 290 g/mol. The third kappa shape index (κ3) is 3.19. The van der Waals surface area contributed by atoms with E-state index in [4.69, 9.17) is 9.47 Å². The Morgan fingerprint density at radius 2 is 2.43 bits per heavy atom. The molecule has 0 aliphatic carbocycles. The lowest BCUT2D eigenvalue weighted by molar-refractivity contribution is -0.119. The second-order valence-corrected chi connectivity index (χ2v) is 5.57. The number of anilines is 1. The van der Waals surface area contributed by atoms with Crippen LogP contribution in [-0.4, -0.2) is 45.4 Å². The summed E-state index contributed by atoms with van der Waals surface area (Å²) in [4.78, 5) is 14.5. The maximum atomic E-state index is 12.6. The van der Waals surface area contributed by atoms with Gasteiger partial charge in [0.05, 0.1) is 20.3 Å². The highest BCUT2D eigenvalue weighted by Crippen LogP contribution is 2.31. The quantitative estimate of drug-likeness (QED) is 0.913. The topological polar surface area (TPSA) is 50.8 Å². The summed E-state index contributed by atoms with van der Waals surface area (Å²) in [6.07, 6.45) is 2.49. The summed E-state index contributed by atoms with van der Waals surface area (Å²) in [6.45, 7) is 2.98. The van der Waals surface area contributed by atoms with Gasteiger partial charge in [0.25, 0.3) is 0 Å². The van der Waals surface area contributed by atoms with Crippen molar-refractivity contribution in [1.82, 2.24) is 5.32 Å². The summed E-state index contributed by atoms with van der Waals surface area (Å²) in [5.74, 6) is 1.02. The minimum atomic E-state index is 0.134. The first-order valence-electron chi connectivity index (χ1n) is 7.56. The van der Waals surface area contributed by atoms with Crippen LogP contribution >= 0.6 is 0 Å². The van der Waals surface area contributed by atoms with Gasteiger partial charge in [-0.25, -0.2) is 0 Å². The van der Waals surface area contributed by atoms with Gasteiger partial charge in [0.2, 0.25) is 5.91 Å². The lowest BCUT2D eigenvalue weighted by Crippen LogP contribution is -2.46. The van der Waals surface area contributed by atoms with E-state index in [0.717, 1.165) is 44.0 Å². The SMILES string of the molecule is COc1ccc2c(c1)CCCN2C(=O)CC1COCCN1. The molecule has 1 saturated heterocycles. The number of nitrogens with zero attached hydrogens (tertiary/aromatic N) is 1. The maximum Gasteiger partial charge on any atom is 0.228 e. The monoisotopic (exact) mass is 290 g/mol. The van der Waals surface area contributed by atoms with Crippen LogP contribution < -0.4 is 15.0 Å². The van der Waals surface area contributed by atoms with E-state index in [9.17, 15) is 4.79 Å². The lowest BCUT2D eigenvalue weighted by Gasteiger charge is -2.32. The minimum absolute atomic E-state index is 0.134. The number of morpholine rings is 1. The van der Waals surface area contributed by atoms with E-state index in [1.54, 1.807) is 7.11 Å². The summed E-state index contributed by atoms with van der Waals surface area (Å²) in [6, 6.07) is 6.09. The first-order chi connectivity index (χ1) is 10.3. The van der Waals surface area contributed by atoms with Gasteiger partial charge in [0, 0.05) is 31.2 Å². The molecule has 2 aliphatic rings. The number of nitrogens with one attached hydrogen (secondary N) is 1. The van der Waals surface area contributed by atoms with Crippen molar-refractivity contribution in [2.45, 2.75) is 25.3 Å². The molecule has 1 aromatic carbocycles. The summed E-state index contributed by atoms with van der Waals surface area (Å²) >= 11 is 0. The van der Waals surface area contributed by atoms with Gasteiger partial charge in [0.15, 0.2) is 0 Å². The second kappa shape index (κ2) is 6.45. The number of benzene rings is 1. The standard InChI is InChI=1S/C16H22N2O3/c1-20-14-4-5-15-12(9-14)3-2-7-18(15)16(19)10-13-11-21-8-6-17-13/h4-5,9,13,17H,2-3,6-8,10-11H2,1H3. The number of carbonyl (C=O) groups excluding carboxylic acids is 1. The molecule has 2 aliphatic heterocycles. The molecule has 21 heavy (non-hydrogen) atoms. The second-order valence-electron chi connectivity index (χ2n) is 5.57. The lowest BCUT2D eigenvalue weighted by atomic mass is 10.0. The normalized spacial score (nSPS) is 21.8. The van der Waals surface area contributed by atoms with Crippen LogP contribution in [0.25, 0.3) is 0 Å². The fourth-order valence-electron chi connectivity index (χ4n) is 3.03. The Morgan fingerprint density at radius 3 is 3.19 bits per heavy atom. The molecule has 2 heterocycles. The van der Waals surface area contributed by atoms with E-state index in [1.807, 2.05) is 23.1 Å². The summed E-state index contributed by atoms with van der Waals surface area (Å²) in [5.41, 5.74) is 2.23. The van der Waals surface area contributed by atoms with Gasteiger partial charge in [-0.15, -0.1) is 0 Å². The van der Waals surface area contributed by atoms with Crippen molar-refractivity contribution in [2.24, 2.45) is 0 Å². The largest absolute Gasteiger partial charge is 0.497 e. The van der Waals surface area contributed by atoms with Crippen LogP contribution in [0.5, 0.6) is 5.75 Å². The predicted molar refractivity (Wildman–Crippen MR) is 80.9 cm³/mol. The fraction of sp³-hybridized carbons (Fsp3) is 0.562. The van der Waals surface area contributed by atoms with Gasteiger partial charge in [-0.05, 0) is 36.6 Å². The number of hydrogen-bond acceptors (Lipinski definition) is 4. The number of amides is 1. The first kappa shape index (κ1) is 14.4. The molecule has 0 spiro atoms. The number of fused-ring (bicyclic) bond motifs is 1. The molecule has 1 unspecified atom stereocenters. The fourth-order valence-corrected chi connectivity index (χ4v) is 3.03. The zero-order valence-corrected chi connectivity index (χ0v) is 12.4. The first-order valence-corrected chi connectivity index (χ1v) is 7.56. The van der Waals surface area contributed by atoms with E-state index in [1.165, 1.54) is 5.56 Å². The van der Waals surface area contributed by atoms with Gasteiger partial charge < -0.3 is 19.7 Å². The summed E-state index contributed by atoms with van der Waals surface area (Å²) in [7, 11) is 1.67.